The highest BCUT2D eigenvalue weighted by molar-refractivity contribution is 7.99. The normalized spacial score (nSPS) is 10.8. The van der Waals surface area contributed by atoms with Crippen LogP contribution in [0.2, 0.25) is 0 Å². The van der Waals surface area contributed by atoms with Crippen molar-refractivity contribution in [2.75, 3.05) is 18.2 Å². The highest BCUT2D eigenvalue weighted by Crippen LogP contribution is 2.26. The van der Waals surface area contributed by atoms with E-state index < -0.39 is 0 Å². The Kier molecular flexibility index (Phi) is 7.20. The molecule has 0 unspecified atom stereocenters. The number of benzene rings is 2. The molecule has 0 bridgehead atoms. The molecule has 33 heavy (non-hydrogen) atoms. The van der Waals surface area contributed by atoms with Crippen molar-refractivity contribution in [1.82, 2.24) is 25.1 Å². The lowest BCUT2D eigenvalue weighted by Gasteiger charge is -2.10. The van der Waals surface area contributed by atoms with Gasteiger partial charge in [-0.05, 0) is 31.2 Å². The second kappa shape index (κ2) is 10.5. The van der Waals surface area contributed by atoms with Gasteiger partial charge in [0.25, 0.3) is 5.91 Å². The van der Waals surface area contributed by atoms with E-state index in [9.17, 15) is 9.59 Å². The molecule has 2 amide bonds. The number of hydrogen-bond donors (Lipinski definition) is 2. The standard InChI is InChI=1S/C22H22N6O3S2/c1-3-28-18(12-23-20(30)14-8-4-6-10-16(14)31-2)26-27-22(28)32-13-19(29)25-21-24-15-9-5-7-11-17(15)33-21/h4-11H,3,12-13H2,1-2H3,(H,23,30)(H,24,25,29). The van der Waals surface area contributed by atoms with Crippen LogP contribution in [0.5, 0.6) is 5.75 Å². The molecule has 0 spiro atoms. The van der Waals surface area contributed by atoms with Gasteiger partial charge in [-0.2, -0.15) is 0 Å². The van der Waals surface area contributed by atoms with E-state index in [1.165, 1.54) is 30.2 Å². The molecule has 2 N–H and O–H groups in total. The van der Waals surface area contributed by atoms with Crippen LogP contribution in [0.4, 0.5) is 5.13 Å². The van der Waals surface area contributed by atoms with Crippen LogP contribution in [0.15, 0.2) is 53.7 Å². The van der Waals surface area contributed by atoms with Gasteiger partial charge in [-0.15, -0.1) is 10.2 Å². The minimum atomic E-state index is -0.262. The number of nitrogens with one attached hydrogen (secondary N) is 2. The van der Waals surface area contributed by atoms with Crippen molar-refractivity contribution >= 4 is 50.3 Å². The van der Waals surface area contributed by atoms with Crippen LogP contribution >= 0.6 is 23.1 Å². The first-order chi connectivity index (χ1) is 16.1. The zero-order chi connectivity index (χ0) is 23.2. The van der Waals surface area contributed by atoms with Crippen molar-refractivity contribution in [3.05, 3.63) is 59.9 Å². The maximum Gasteiger partial charge on any atom is 0.255 e. The molecule has 0 radical (unpaired) electrons. The van der Waals surface area contributed by atoms with Crippen molar-refractivity contribution < 1.29 is 14.3 Å². The number of amides is 2. The van der Waals surface area contributed by atoms with Gasteiger partial charge in [-0.3, -0.25) is 9.59 Å². The van der Waals surface area contributed by atoms with Crippen molar-refractivity contribution in [3.63, 3.8) is 0 Å². The number of rotatable bonds is 9. The summed E-state index contributed by atoms with van der Waals surface area (Å²) in [6.45, 7) is 2.77. The molecule has 2 aromatic heterocycles. The first-order valence-corrected chi connectivity index (χ1v) is 12.0. The third-order valence-electron chi connectivity index (χ3n) is 4.74. The number of carbonyl (C=O) groups is 2. The number of para-hydroxylation sites is 2. The summed E-state index contributed by atoms with van der Waals surface area (Å²) in [5, 5.41) is 15.2. The van der Waals surface area contributed by atoms with Gasteiger partial charge in [0.2, 0.25) is 5.91 Å². The maximum atomic E-state index is 12.5. The van der Waals surface area contributed by atoms with E-state index in [2.05, 4.69) is 25.8 Å². The SMILES string of the molecule is CCn1c(CNC(=O)c2ccccc2OC)nnc1SCC(=O)Nc1nc2ccccc2s1. The first kappa shape index (κ1) is 22.7. The third-order valence-corrected chi connectivity index (χ3v) is 6.66. The molecule has 4 aromatic rings. The number of aromatic nitrogens is 4. The highest BCUT2D eigenvalue weighted by Gasteiger charge is 2.16. The second-order valence-corrected chi connectivity index (χ2v) is 8.82. The Morgan fingerprint density at radius 3 is 2.70 bits per heavy atom. The van der Waals surface area contributed by atoms with Gasteiger partial charge in [0, 0.05) is 6.54 Å². The first-order valence-electron chi connectivity index (χ1n) is 10.2. The Labute approximate surface area is 198 Å². The van der Waals surface area contributed by atoms with E-state index in [-0.39, 0.29) is 24.1 Å². The number of ether oxygens (including phenoxy) is 1. The molecule has 0 aliphatic rings. The van der Waals surface area contributed by atoms with Crippen LogP contribution in [-0.2, 0) is 17.9 Å². The average molecular weight is 483 g/mol. The van der Waals surface area contributed by atoms with E-state index in [0.717, 1.165) is 10.2 Å². The molecule has 0 atom stereocenters. The lowest BCUT2D eigenvalue weighted by Crippen LogP contribution is -2.25. The van der Waals surface area contributed by atoms with E-state index >= 15 is 0 Å². The molecule has 9 nitrogen and oxygen atoms in total. The fourth-order valence-corrected chi connectivity index (χ4v) is 4.88. The van der Waals surface area contributed by atoms with Crippen LogP contribution in [0.1, 0.15) is 23.1 Å². The summed E-state index contributed by atoms with van der Waals surface area (Å²) in [7, 11) is 1.52. The second-order valence-electron chi connectivity index (χ2n) is 6.85. The molecular weight excluding hydrogens is 460 g/mol. The lowest BCUT2D eigenvalue weighted by molar-refractivity contribution is -0.113. The van der Waals surface area contributed by atoms with Gasteiger partial charge in [0.1, 0.15) is 5.75 Å². The summed E-state index contributed by atoms with van der Waals surface area (Å²) in [4.78, 5) is 29.4. The number of hydrogen-bond acceptors (Lipinski definition) is 8. The Bertz CT molecular complexity index is 1250. The molecular formula is C22H22N6O3S2. The summed E-state index contributed by atoms with van der Waals surface area (Å²) in [5.74, 6) is 0.845. The quantitative estimate of drug-likeness (QED) is 0.351. The van der Waals surface area contributed by atoms with Crippen molar-refractivity contribution in [1.29, 1.82) is 0 Å². The van der Waals surface area contributed by atoms with Crippen molar-refractivity contribution in [2.24, 2.45) is 0 Å². The zero-order valence-corrected chi connectivity index (χ0v) is 19.7. The van der Waals surface area contributed by atoms with Crippen LogP contribution in [0.3, 0.4) is 0 Å². The summed E-state index contributed by atoms with van der Waals surface area (Å²) >= 11 is 2.72. The number of anilines is 1. The molecule has 0 fully saturated rings. The summed E-state index contributed by atoms with van der Waals surface area (Å²) in [6, 6.07) is 14.7. The van der Waals surface area contributed by atoms with Gasteiger partial charge < -0.3 is 19.9 Å². The summed E-state index contributed by atoms with van der Waals surface area (Å²) in [6.07, 6.45) is 0. The topological polar surface area (TPSA) is 111 Å². The number of nitrogens with zero attached hydrogens (tertiary/aromatic N) is 4. The maximum absolute atomic E-state index is 12.5. The monoisotopic (exact) mass is 482 g/mol. The van der Waals surface area contributed by atoms with Crippen molar-refractivity contribution in [2.45, 2.75) is 25.2 Å². The Hall–Kier alpha value is -3.44. The van der Waals surface area contributed by atoms with E-state index in [4.69, 9.17) is 4.74 Å². The average Bonchev–Trinajstić information content (AvgIpc) is 3.43. The number of thiazole rings is 1. The number of methoxy groups -OCH3 is 1. The third kappa shape index (κ3) is 5.32. The van der Waals surface area contributed by atoms with Gasteiger partial charge in [-0.25, -0.2) is 4.98 Å². The van der Waals surface area contributed by atoms with Gasteiger partial charge in [0.05, 0.1) is 35.2 Å². The molecule has 170 valence electrons. The molecule has 2 aromatic carbocycles. The fraction of sp³-hybridized carbons (Fsp3) is 0.227. The molecule has 11 heteroatoms. The highest BCUT2D eigenvalue weighted by atomic mass is 32.2. The van der Waals surface area contributed by atoms with Gasteiger partial charge >= 0.3 is 0 Å². The molecule has 0 saturated heterocycles. The largest absolute Gasteiger partial charge is 0.496 e. The molecule has 0 aliphatic heterocycles. The van der Waals surface area contributed by atoms with Gasteiger partial charge in [-0.1, -0.05) is 47.4 Å². The molecule has 0 aliphatic carbocycles. The smallest absolute Gasteiger partial charge is 0.255 e. The van der Waals surface area contributed by atoms with E-state index in [0.29, 0.717) is 34.0 Å². The number of fused-ring (bicyclic) bond motifs is 1. The Balaban J connectivity index is 1.35. The van der Waals surface area contributed by atoms with Gasteiger partial charge in [0.15, 0.2) is 16.1 Å². The van der Waals surface area contributed by atoms with E-state index in [1.54, 1.807) is 24.3 Å². The van der Waals surface area contributed by atoms with Crippen LogP contribution in [-0.4, -0.2) is 44.4 Å². The molecule has 0 saturated carbocycles. The minimum absolute atomic E-state index is 0.168. The zero-order valence-electron chi connectivity index (χ0n) is 18.1. The predicted octanol–water partition coefficient (Wildman–Crippen LogP) is 3.58. The van der Waals surface area contributed by atoms with E-state index in [1.807, 2.05) is 35.8 Å². The number of carbonyl (C=O) groups excluding carboxylic acids is 2. The molecule has 2 heterocycles. The van der Waals surface area contributed by atoms with Crippen LogP contribution < -0.4 is 15.4 Å². The minimum Gasteiger partial charge on any atom is -0.496 e. The fourth-order valence-electron chi connectivity index (χ4n) is 3.17. The molecule has 4 rings (SSSR count). The Morgan fingerprint density at radius 2 is 1.91 bits per heavy atom. The lowest BCUT2D eigenvalue weighted by atomic mass is 10.2. The number of thioether (sulfide) groups is 1. The van der Waals surface area contributed by atoms with Crippen molar-refractivity contribution in [3.8, 4) is 5.75 Å². The Morgan fingerprint density at radius 1 is 1.12 bits per heavy atom. The van der Waals surface area contributed by atoms with Crippen LogP contribution in [0.25, 0.3) is 10.2 Å². The van der Waals surface area contributed by atoms with Crippen LogP contribution in [0, 0.1) is 0 Å². The predicted molar refractivity (Wildman–Crippen MR) is 129 cm³/mol. The summed E-state index contributed by atoms with van der Waals surface area (Å²) < 4.78 is 8.14. The summed E-state index contributed by atoms with van der Waals surface area (Å²) in [5.41, 5.74) is 1.31.